The summed E-state index contributed by atoms with van der Waals surface area (Å²) in [6.07, 6.45) is -1.81. The van der Waals surface area contributed by atoms with Gasteiger partial charge in [0.15, 0.2) is 0 Å². The molecule has 1 aromatic heterocycles. The third-order valence-electron chi connectivity index (χ3n) is 2.32. The smallest absolute Gasteiger partial charge is 0.387 e. The number of hydrogen-bond acceptors (Lipinski definition) is 4. The summed E-state index contributed by atoms with van der Waals surface area (Å²) in [5.74, 6) is -0.812. The van der Waals surface area contributed by atoms with E-state index >= 15 is 0 Å². The minimum Gasteiger partial charge on any atom is -0.434 e. The van der Waals surface area contributed by atoms with Crippen molar-refractivity contribution in [3.8, 4) is 5.75 Å². The Hall–Kier alpha value is -2.23. The van der Waals surface area contributed by atoms with Crippen LogP contribution in [0.4, 0.5) is 17.6 Å². The summed E-state index contributed by atoms with van der Waals surface area (Å²) in [7, 11) is 0. The molecule has 0 radical (unpaired) electrons. The summed E-state index contributed by atoms with van der Waals surface area (Å²) >= 11 is 4.76. The van der Waals surface area contributed by atoms with Crippen molar-refractivity contribution in [2.24, 2.45) is 5.10 Å². The third kappa shape index (κ3) is 3.66. The Bertz CT molecular complexity index is 698. The molecule has 0 saturated heterocycles. The lowest BCUT2D eigenvalue weighted by Crippen LogP contribution is -2.05. The summed E-state index contributed by atoms with van der Waals surface area (Å²) in [6, 6.07) is 5.79. The third-order valence-corrected chi connectivity index (χ3v) is 2.58. The molecule has 112 valence electrons. The number of nitrogens with one attached hydrogen (secondary N) is 1. The van der Waals surface area contributed by atoms with Crippen LogP contribution in [0.25, 0.3) is 0 Å². The Kier molecular flexibility index (Phi) is 4.68. The van der Waals surface area contributed by atoms with Crippen LogP contribution in [0, 0.1) is 4.77 Å². The lowest BCUT2D eigenvalue weighted by atomic mass is 10.2. The van der Waals surface area contributed by atoms with Crippen LogP contribution in [-0.4, -0.2) is 27.7 Å². The summed E-state index contributed by atoms with van der Waals surface area (Å²) in [5.41, 5.74) is 0.182. The number of aromatic nitrogens is 3. The van der Waals surface area contributed by atoms with Gasteiger partial charge in [0.25, 0.3) is 6.43 Å². The van der Waals surface area contributed by atoms with E-state index in [1.807, 2.05) is 0 Å². The predicted octanol–water partition coefficient (Wildman–Crippen LogP) is 3.36. The van der Waals surface area contributed by atoms with E-state index < -0.39 is 18.9 Å². The molecule has 2 rings (SSSR count). The van der Waals surface area contributed by atoms with Crippen molar-refractivity contribution < 1.29 is 22.3 Å². The minimum atomic E-state index is -3.01. The maximum atomic E-state index is 12.7. The Morgan fingerprint density at radius 2 is 2.00 bits per heavy atom. The fourth-order valence-corrected chi connectivity index (χ4v) is 1.65. The van der Waals surface area contributed by atoms with Crippen molar-refractivity contribution in [1.29, 1.82) is 0 Å². The summed E-state index contributed by atoms with van der Waals surface area (Å²) in [5, 5.41) is 9.22. The molecule has 5 nitrogen and oxygen atoms in total. The Balaban J connectivity index is 2.34. The fourth-order valence-electron chi connectivity index (χ4n) is 1.47. The van der Waals surface area contributed by atoms with Crippen LogP contribution in [0.15, 0.2) is 29.4 Å². The lowest BCUT2D eigenvalue weighted by Gasteiger charge is -2.07. The van der Waals surface area contributed by atoms with Gasteiger partial charge in [-0.1, -0.05) is 12.1 Å². The van der Waals surface area contributed by atoms with Crippen molar-refractivity contribution in [3.05, 3.63) is 40.4 Å². The first-order chi connectivity index (χ1) is 9.99. The van der Waals surface area contributed by atoms with E-state index in [0.29, 0.717) is 4.68 Å². The van der Waals surface area contributed by atoms with Crippen LogP contribution >= 0.6 is 12.2 Å². The molecule has 1 N–H and O–H groups in total. The molecule has 0 amide bonds. The highest BCUT2D eigenvalue weighted by molar-refractivity contribution is 7.71. The van der Waals surface area contributed by atoms with Gasteiger partial charge in [0.05, 0.1) is 6.21 Å². The highest BCUT2D eigenvalue weighted by Crippen LogP contribution is 2.19. The zero-order valence-corrected chi connectivity index (χ0v) is 11.0. The van der Waals surface area contributed by atoms with E-state index in [1.165, 1.54) is 18.2 Å². The van der Waals surface area contributed by atoms with Gasteiger partial charge in [0, 0.05) is 5.56 Å². The van der Waals surface area contributed by atoms with E-state index in [9.17, 15) is 17.6 Å². The zero-order valence-electron chi connectivity index (χ0n) is 10.2. The van der Waals surface area contributed by atoms with Crippen LogP contribution in [0.2, 0.25) is 0 Å². The van der Waals surface area contributed by atoms with Gasteiger partial charge in [-0.2, -0.15) is 23.7 Å². The van der Waals surface area contributed by atoms with Crippen LogP contribution in [-0.2, 0) is 0 Å². The van der Waals surface area contributed by atoms with E-state index in [1.54, 1.807) is 6.07 Å². The number of halogens is 4. The first-order valence-electron chi connectivity index (χ1n) is 5.52. The van der Waals surface area contributed by atoms with Gasteiger partial charge in [-0.25, -0.2) is 13.9 Å². The van der Waals surface area contributed by atoms with Crippen molar-refractivity contribution in [1.82, 2.24) is 14.9 Å². The number of hydrogen-bond donors (Lipinski definition) is 1. The molecule has 0 aliphatic carbocycles. The van der Waals surface area contributed by atoms with Gasteiger partial charge in [-0.15, -0.1) is 0 Å². The molecule has 0 fully saturated rings. The van der Waals surface area contributed by atoms with Crippen LogP contribution < -0.4 is 4.74 Å². The molecule has 1 heterocycles. The molecular weight excluding hydrogens is 312 g/mol. The maximum Gasteiger partial charge on any atom is 0.387 e. The van der Waals surface area contributed by atoms with E-state index in [4.69, 9.17) is 12.2 Å². The average Bonchev–Trinajstić information content (AvgIpc) is 2.78. The van der Waals surface area contributed by atoms with Crippen LogP contribution in [0.1, 0.15) is 17.8 Å². The van der Waals surface area contributed by atoms with Gasteiger partial charge >= 0.3 is 6.61 Å². The predicted molar refractivity (Wildman–Crippen MR) is 68.4 cm³/mol. The number of benzene rings is 1. The number of alkyl halides is 4. The normalized spacial score (nSPS) is 11.7. The zero-order chi connectivity index (χ0) is 15.4. The number of H-pyrrole nitrogens is 1. The van der Waals surface area contributed by atoms with Crippen LogP contribution in [0.3, 0.4) is 0 Å². The van der Waals surface area contributed by atoms with E-state index in [0.717, 1.165) is 6.21 Å². The fraction of sp³-hybridized carbons (Fsp3) is 0.182. The highest BCUT2D eigenvalue weighted by Gasteiger charge is 2.16. The number of para-hydroxylation sites is 1. The standard InChI is InChI=1S/C11H8F4N4OS/c12-8(13)9-17-18-11(21)19(9)16-5-6-3-1-2-4-7(6)20-10(14)15/h1-5,8,10H,(H,18,21). The topological polar surface area (TPSA) is 55.2 Å². The number of rotatable bonds is 5. The second kappa shape index (κ2) is 6.48. The molecular formula is C11H8F4N4OS. The summed E-state index contributed by atoms with van der Waals surface area (Å²) in [4.78, 5) is 0. The molecule has 0 bridgehead atoms. The molecule has 0 spiro atoms. The summed E-state index contributed by atoms with van der Waals surface area (Å²) in [6.45, 7) is -3.01. The molecule has 1 aromatic carbocycles. The van der Waals surface area contributed by atoms with Crippen LogP contribution in [0.5, 0.6) is 5.75 Å². The van der Waals surface area contributed by atoms with Gasteiger partial charge in [-0.3, -0.25) is 0 Å². The SMILES string of the molecule is FC(F)Oc1ccccc1C=Nn1c(C(F)F)n[nH]c1=S. The highest BCUT2D eigenvalue weighted by atomic mass is 32.1. The largest absolute Gasteiger partial charge is 0.434 e. The minimum absolute atomic E-state index is 0.134. The van der Waals surface area contributed by atoms with Gasteiger partial charge in [-0.05, 0) is 24.4 Å². The Labute approximate surface area is 120 Å². The molecule has 21 heavy (non-hydrogen) atoms. The molecule has 0 unspecified atom stereocenters. The molecule has 0 aliphatic rings. The van der Waals surface area contributed by atoms with E-state index in [-0.39, 0.29) is 16.1 Å². The first-order valence-corrected chi connectivity index (χ1v) is 5.93. The Morgan fingerprint density at radius 3 is 2.67 bits per heavy atom. The molecule has 0 atom stereocenters. The van der Waals surface area contributed by atoms with E-state index in [2.05, 4.69) is 20.0 Å². The second-order valence-electron chi connectivity index (χ2n) is 3.66. The number of ether oxygens (including phenoxy) is 1. The maximum absolute atomic E-state index is 12.7. The Morgan fingerprint density at radius 1 is 1.29 bits per heavy atom. The molecule has 0 aliphatic heterocycles. The molecule has 2 aromatic rings. The second-order valence-corrected chi connectivity index (χ2v) is 4.05. The quantitative estimate of drug-likeness (QED) is 0.522. The number of aromatic amines is 1. The summed E-state index contributed by atoms with van der Waals surface area (Å²) < 4.78 is 54.7. The van der Waals surface area contributed by atoms with Crippen molar-refractivity contribution in [2.45, 2.75) is 13.0 Å². The van der Waals surface area contributed by atoms with Gasteiger partial charge < -0.3 is 4.74 Å². The first kappa shape index (κ1) is 15.2. The molecule has 0 saturated carbocycles. The van der Waals surface area contributed by atoms with Crippen molar-refractivity contribution in [3.63, 3.8) is 0 Å². The molecule has 10 heteroatoms. The van der Waals surface area contributed by atoms with Gasteiger partial charge in [0.1, 0.15) is 5.75 Å². The van der Waals surface area contributed by atoms with Gasteiger partial charge in [0.2, 0.25) is 10.6 Å². The number of nitrogens with zero attached hydrogens (tertiary/aromatic N) is 3. The monoisotopic (exact) mass is 320 g/mol. The van der Waals surface area contributed by atoms with Crippen molar-refractivity contribution >= 4 is 18.4 Å². The average molecular weight is 320 g/mol. The van der Waals surface area contributed by atoms with Crippen molar-refractivity contribution in [2.75, 3.05) is 0 Å². The lowest BCUT2D eigenvalue weighted by molar-refractivity contribution is -0.0499.